The number of amides is 4. The number of carbonyl (C=O) groups is 11. The van der Waals surface area contributed by atoms with Gasteiger partial charge in [0.05, 0.1) is 55.8 Å². The number of Topliss-reactive ketones (excluding diaryl/α,β-unsaturated/α-hetero) is 2. The van der Waals surface area contributed by atoms with Gasteiger partial charge in [0.2, 0.25) is 5.41 Å². The van der Waals surface area contributed by atoms with Crippen molar-refractivity contribution in [1.29, 1.82) is 0 Å². The summed E-state index contributed by atoms with van der Waals surface area (Å²) in [4.78, 5) is 153. The number of aromatic carboxylic acids is 1. The number of ether oxygens (including phenoxy) is 2. The van der Waals surface area contributed by atoms with E-state index in [4.69, 9.17) is 21.1 Å². The molecule has 12 aromatic rings. The fraction of sp³-hybridized carbons (Fsp3) is 0.176. The first kappa shape index (κ1) is 97.2. The number of ketones is 2. The molecular formula is C102H76F12N4O16. The second kappa shape index (κ2) is 38.3. The number of nitrogens with zero attached hydrogens (tertiary/aromatic N) is 2. The number of carbonyl (C=O) groups excluding carboxylic acids is 12. The standard InChI is InChI=1S/C35H28F6O4.C34H25F3N2O4.C19H9F3O6.C13H14N2.CO2/c1-3-30(42)28-17-16-27(20-29(28)32(44)45)33(34(36,37)38,35(39,40)41)26-14-12-25(13-15-26)31(43)19-24-10-8-23(9-11-24)18-22-6-4-21(2)5-7-22;1-19-4-6-20(7-5-19)16-21-8-12-24(13-9-21)39-31(42)26-15-11-23(18-28(26)32(39)43)33(2,34(35,36)37)22-10-14-25-27(17-22)30(41)38(3)29(25)40;1-18(19(20,21)22,8-2-4-10-12(6-8)16(25)27-14(10)23)9-3-5-11-13(7-9)17(26)28-15(11)24;14-12-5-1-10(2-6-12)9-11-3-7-13(15)8-4-11;2-1-3/h4-17,20H,3,18-19H2,1-2H3,(H,44,45);4-15,17-18H,16H2,1-3H3;2-7H,1H3;1-8H,9,14-15H2;. The monoisotopic (exact) mass is 1840 g/mol. The van der Waals surface area contributed by atoms with E-state index in [-0.39, 0.29) is 97.4 Å². The average molecular weight is 1840 g/mol. The lowest BCUT2D eigenvalue weighted by Gasteiger charge is -2.38. The van der Waals surface area contributed by atoms with Crippen LogP contribution in [0.3, 0.4) is 0 Å². The van der Waals surface area contributed by atoms with Crippen LogP contribution >= 0.6 is 0 Å². The van der Waals surface area contributed by atoms with Crippen LogP contribution in [0.25, 0.3) is 0 Å². The third-order valence-electron chi connectivity index (χ3n) is 23.5. The first-order valence-corrected chi connectivity index (χ1v) is 40.7. The van der Waals surface area contributed by atoms with Gasteiger partial charge in [-0.3, -0.25) is 33.7 Å². The van der Waals surface area contributed by atoms with E-state index in [0.717, 1.165) is 135 Å². The lowest BCUT2D eigenvalue weighted by molar-refractivity contribution is -0.288. The number of aryl methyl sites for hydroxylation is 2. The van der Waals surface area contributed by atoms with Gasteiger partial charge in [-0.2, -0.15) is 62.3 Å². The first-order valence-electron chi connectivity index (χ1n) is 40.7. The van der Waals surface area contributed by atoms with Crippen molar-refractivity contribution >= 4 is 88.3 Å². The summed E-state index contributed by atoms with van der Waals surface area (Å²) in [6.07, 6.45) is -19.5. The molecule has 20 nitrogen and oxygen atoms in total. The summed E-state index contributed by atoms with van der Waals surface area (Å²) < 4.78 is 184. The summed E-state index contributed by atoms with van der Waals surface area (Å²) >= 11 is 0. The van der Waals surface area contributed by atoms with Gasteiger partial charge in [0.25, 0.3) is 23.6 Å². The van der Waals surface area contributed by atoms with Gasteiger partial charge in [0, 0.05) is 42.4 Å². The molecule has 32 heteroatoms. The number of fused-ring (bicyclic) bond motifs is 4. The number of alkyl halides is 12. The van der Waals surface area contributed by atoms with E-state index < -0.39 is 128 Å². The maximum atomic E-state index is 14.8. The molecule has 0 fully saturated rings. The van der Waals surface area contributed by atoms with Gasteiger partial charge in [-0.25, -0.2) is 28.9 Å². The zero-order chi connectivity index (χ0) is 97.8. The molecule has 134 heavy (non-hydrogen) atoms. The molecule has 0 radical (unpaired) electrons. The van der Waals surface area contributed by atoms with Crippen LogP contribution < -0.4 is 16.4 Å². The minimum Gasteiger partial charge on any atom is -0.478 e. The maximum Gasteiger partial charge on any atom is 0.411 e. The Morgan fingerprint density at radius 1 is 0.351 bits per heavy atom. The quantitative estimate of drug-likeness (QED) is 0.0169. The molecule has 16 rings (SSSR count). The van der Waals surface area contributed by atoms with Crippen LogP contribution in [-0.2, 0) is 61.0 Å². The van der Waals surface area contributed by atoms with Crippen LogP contribution in [0.4, 0.5) is 69.7 Å². The summed E-state index contributed by atoms with van der Waals surface area (Å²) in [5.41, 5.74) is 6.29. The second-order valence-electron chi connectivity index (χ2n) is 32.1. The molecule has 684 valence electrons. The molecule has 4 aliphatic rings. The Morgan fingerprint density at radius 3 is 1.03 bits per heavy atom. The largest absolute Gasteiger partial charge is 0.478 e. The van der Waals surface area contributed by atoms with Crippen molar-refractivity contribution in [2.75, 3.05) is 23.4 Å². The Balaban J connectivity index is 0.000000168. The number of hydrogen-bond acceptors (Lipinski definition) is 17. The Bertz CT molecular complexity index is 6570. The highest BCUT2D eigenvalue weighted by Crippen LogP contribution is 2.57. The van der Waals surface area contributed by atoms with E-state index in [2.05, 4.69) is 9.47 Å². The van der Waals surface area contributed by atoms with E-state index >= 15 is 0 Å². The fourth-order valence-corrected chi connectivity index (χ4v) is 15.7. The normalized spacial score (nSPS) is 13.8. The van der Waals surface area contributed by atoms with Gasteiger partial charge < -0.3 is 26.0 Å². The van der Waals surface area contributed by atoms with Crippen molar-refractivity contribution in [2.24, 2.45) is 0 Å². The zero-order valence-corrected chi connectivity index (χ0v) is 71.5. The topological polar surface area (TPSA) is 319 Å². The molecule has 0 spiro atoms. The summed E-state index contributed by atoms with van der Waals surface area (Å²) in [6.45, 7) is 7.19. The number of rotatable bonds is 19. The maximum absolute atomic E-state index is 14.8. The van der Waals surface area contributed by atoms with Crippen LogP contribution in [0.5, 0.6) is 0 Å². The molecule has 1 unspecified atom stereocenters. The van der Waals surface area contributed by atoms with Crippen LogP contribution in [-0.4, -0.2) is 113 Å². The number of anilines is 3. The Labute approximate surface area is 755 Å². The molecule has 4 amide bonds. The van der Waals surface area contributed by atoms with Crippen LogP contribution in [0.1, 0.15) is 225 Å². The van der Waals surface area contributed by atoms with Crippen molar-refractivity contribution in [3.63, 3.8) is 0 Å². The van der Waals surface area contributed by atoms with Crippen molar-refractivity contribution < 1.29 is 130 Å². The molecule has 0 aliphatic carbocycles. The highest BCUT2D eigenvalue weighted by molar-refractivity contribution is 6.34. The minimum atomic E-state index is -5.98. The van der Waals surface area contributed by atoms with Crippen molar-refractivity contribution in [3.8, 4) is 0 Å². The van der Waals surface area contributed by atoms with Gasteiger partial charge in [0.15, 0.2) is 11.6 Å². The molecule has 0 saturated heterocycles. The number of esters is 4. The summed E-state index contributed by atoms with van der Waals surface area (Å²) in [5.74, 6) is -9.70. The fourth-order valence-electron chi connectivity index (χ4n) is 15.7. The van der Waals surface area contributed by atoms with Crippen molar-refractivity contribution in [3.05, 3.63) is 406 Å². The Hall–Kier alpha value is -15.9. The molecular weight excluding hydrogens is 1770 g/mol. The van der Waals surface area contributed by atoms with E-state index in [1.807, 2.05) is 135 Å². The Morgan fingerprint density at radius 2 is 0.657 bits per heavy atom. The third-order valence-corrected chi connectivity index (χ3v) is 23.5. The van der Waals surface area contributed by atoms with E-state index in [1.165, 1.54) is 49.4 Å². The van der Waals surface area contributed by atoms with Crippen LogP contribution in [0.15, 0.2) is 261 Å². The van der Waals surface area contributed by atoms with E-state index in [9.17, 15) is 111 Å². The number of hydrogen-bond donors (Lipinski definition) is 3. The molecule has 1 atom stereocenters. The molecule has 4 aliphatic heterocycles. The molecule has 4 heterocycles. The summed E-state index contributed by atoms with van der Waals surface area (Å²) in [5, 5.41) is 9.53. The lowest BCUT2D eigenvalue weighted by atomic mass is 9.72. The van der Waals surface area contributed by atoms with Gasteiger partial charge in [-0.05, 0) is 210 Å². The Kier molecular flexibility index (Phi) is 27.8. The number of imide groups is 2. The molecule has 0 saturated carbocycles. The molecule has 12 aromatic carbocycles. The highest BCUT2D eigenvalue weighted by Gasteiger charge is 2.73. The lowest BCUT2D eigenvalue weighted by Crippen LogP contribution is -2.54. The number of halogens is 12. The van der Waals surface area contributed by atoms with Gasteiger partial charge in [-0.1, -0.05) is 188 Å². The summed E-state index contributed by atoms with van der Waals surface area (Å²) in [6, 6.07) is 63.6. The number of benzene rings is 12. The SMILES string of the molecule is CC(c1ccc2c(c1)C(=O)OC2=O)(c1ccc2c(c1)C(=O)OC2=O)C(F)(F)F.CCC(=O)c1ccc(C(c2ccc(C(=O)Cc3ccc(Cc4ccc(C)cc4)cc3)cc2)(C(F)(F)F)C(F)(F)F)cc1C(=O)O.Cc1ccc(Cc2ccc(N3C(=O)c4ccc(C(C)(c5ccc6c(c5)C(=O)N(C)C6=O)C(F)(F)F)cc4C3=O)cc2)cc1.Nc1ccc(Cc2ccc(N)cc2)cc1.O=C=O. The van der Waals surface area contributed by atoms with Crippen molar-refractivity contribution in [2.45, 2.75) is 108 Å². The van der Waals surface area contributed by atoms with Gasteiger partial charge in [-0.15, -0.1) is 0 Å². The minimum absolute atomic E-state index is 0.00152. The van der Waals surface area contributed by atoms with Crippen LogP contribution in [0, 0.1) is 13.8 Å². The predicted octanol–water partition coefficient (Wildman–Crippen LogP) is 20.2. The highest BCUT2D eigenvalue weighted by atomic mass is 19.4. The zero-order valence-electron chi connectivity index (χ0n) is 71.5. The van der Waals surface area contributed by atoms with Crippen LogP contribution in [0.2, 0.25) is 0 Å². The summed E-state index contributed by atoms with van der Waals surface area (Å²) in [7, 11) is 1.26. The molecule has 0 aromatic heterocycles. The van der Waals surface area contributed by atoms with E-state index in [0.29, 0.717) is 48.4 Å². The molecule has 5 N–H and O–H groups in total. The third kappa shape index (κ3) is 19.5. The number of cyclic esters (lactones) is 4. The molecule has 0 bridgehead atoms. The number of nitrogens with two attached hydrogens (primary N) is 2. The van der Waals surface area contributed by atoms with E-state index in [1.54, 1.807) is 24.3 Å². The average Bonchev–Trinajstić information content (AvgIpc) is 1.06. The number of carboxylic acids is 1. The second-order valence-corrected chi connectivity index (χ2v) is 32.1. The number of carboxylic acid groups (broad SMARTS) is 1. The number of nitrogen functional groups attached to an aromatic ring is 2. The smallest absolute Gasteiger partial charge is 0.411 e. The van der Waals surface area contributed by atoms with Gasteiger partial charge >= 0.3 is 60.7 Å². The van der Waals surface area contributed by atoms with Gasteiger partial charge in [0.1, 0.15) is 10.8 Å². The first-order chi connectivity index (χ1) is 63.1. The predicted molar refractivity (Wildman–Crippen MR) is 464 cm³/mol. The van der Waals surface area contributed by atoms with Crippen molar-refractivity contribution in [1.82, 2.24) is 4.90 Å².